The van der Waals surface area contributed by atoms with E-state index in [4.69, 9.17) is 4.74 Å². The second-order valence-electron chi connectivity index (χ2n) is 6.39. The minimum absolute atomic E-state index is 0.284. The smallest absolute Gasteiger partial charge is 0.411 e. The predicted molar refractivity (Wildman–Crippen MR) is 85.6 cm³/mol. The quantitative estimate of drug-likeness (QED) is 0.855. The van der Waals surface area contributed by atoms with Crippen molar-refractivity contribution in [3.8, 4) is 0 Å². The fraction of sp³-hybridized carbons (Fsp3) is 0.500. The van der Waals surface area contributed by atoms with Crippen molar-refractivity contribution in [1.82, 2.24) is 4.90 Å². The SMILES string of the molecule is CC(C)(C)OC(=O)N1[C@@H](c2cccc(Br)c2)CC[C@H]1C(=O)O. The summed E-state index contributed by atoms with van der Waals surface area (Å²) in [6, 6.07) is 6.45. The Morgan fingerprint density at radius 2 is 2.00 bits per heavy atom. The first-order valence-corrected chi connectivity index (χ1v) is 7.98. The van der Waals surface area contributed by atoms with Gasteiger partial charge in [0.25, 0.3) is 0 Å². The summed E-state index contributed by atoms with van der Waals surface area (Å²) in [5, 5.41) is 9.39. The first kappa shape index (κ1) is 16.8. The first-order valence-electron chi connectivity index (χ1n) is 7.18. The maximum Gasteiger partial charge on any atom is 0.411 e. The Balaban J connectivity index is 2.32. The number of hydrogen-bond donors (Lipinski definition) is 1. The summed E-state index contributed by atoms with van der Waals surface area (Å²) in [7, 11) is 0. The van der Waals surface area contributed by atoms with Crippen LogP contribution in [0.2, 0.25) is 0 Å². The number of amides is 1. The van der Waals surface area contributed by atoms with Crippen LogP contribution in [0.15, 0.2) is 28.7 Å². The normalized spacial score (nSPS) is 21.7. The molecule has 1 aromatic carbocycles. The van der Waals surface area contributed by atoms with Crippen LogP contribution in [0.4, 0.5) is 4.79 Å². The topological polar surface area (TPSA) is 66.8 Å². The summed E-state index contributed by atoms with van der Waals surface area (Å²) < 4.78 is 6.29. The molecule has 22 heavy (non-hydrogen) atoms. The molecule has 6 heteroatoms. The van der Waals surface area contributed by atoms with Gasteiger partial charge < -0.3 is 9.84 Å². The number of halogens is 1. The van der Waals surface area contributed by atoms with Crippen LogP contribution in [0, 0.1) is 0 Å². The summed E-state index contributed by atoms with van der Waals surface area (Å²) in [6.45, 7) is 5.31. The summed E-state index contributed by atoms with van der Waals surface area (Å²) >= 11 is 3.41. The third-order valence-corrected chi connectivity index (χ3v) is 4.00. The lowest BCUT2D eigenvalue weighted by Crippen LogP contribution is -2.44. The van der Waals surface area contributed by atoms with Crippen LogP contribution in [-0.4, -0.2) is 33.7 Å². The summed E-state index contributed by atoms with van der Waals surface area (Å²) in [5.74, 6) is -0.997. The number of rotatable bonds is 2. The Bertz CT molecular complexity index is 582. The van der Waals surface area contributed by atoms with Gasteiger partial charge in [0.05, 0.1) is 6.04 Å². The Morgan fingerprint density at radius 3 is 2.55 bits per heavy atom. The lowest BCUT2D eigenvalue weighted by molar-refractivity contribution is -0.142. The molecule has 1 aliphatic heterocycles. The zero-order valence-corrected chi connectivity index (χ0v) is 14.5. The molecule has 2 rings (SSSR count). The minimum Gasteiger partial charge on any atom is -0.480 e. The number of likely N-dealkylation sites (tertiary alicyclic amines) is 1. The molecule has 0 bridgehead atoms. The van der Waals surface area contributed by atoms with Crippen molar-refractivity contribution < 1.29 is 19.4 Å². The summed E-state index contributed by atoms with van der Waals surface area (Å²) in [5.41, 5.74) is 0.244. The van der Waals surface area contributed by atoms with Crippen LogP contribution in [0.25, 0.3) is 0 Å². The van der Waals surface area contributed by atoms with Crippen molar-refractivity contribution >= 4 is 28.0 Å². The van der Waals surface area contributed by atoms with Gasteiger partial charge in [-0.15, -0.1) is 0 Å². The van der Waals surface area contributed by atoms with Crippen LogP contribution >= 0.6 is 15.9 Å². The highest BCUT2D eigenvalue weighted by atomic mass is 79.9. The molecule has 1 saturated heterocycles. The van der Waals surface area contributed by atoms with Crippen LogP contribution in [0.5, 0.6) is 0 Å². The number of carbonyl (C=O) groups excluding carboxylic acids is 1. The van der Waals surface area contributed by atoms with Gasteiger partial charge in [0, 0.05) is 4.47 Å². The van der Waals surface area contributed by atoms with E-state index in [2.05, 4.69) is 15.9 Å². The fourth-order valence-electron chi connectivity index (χ4n) is 2.66. The zero-order valence-electron chi connectivity index (χ0n) is 12.9. The van der Waals surface area contributed by atoms with Gasteiger partial charge in [-0.3, -0.25) is 4.90 Å². The number of ether oxygens (including phenoxy) is 1. The van der Waals surface area contributed by atoms with Crippen molar-refractivity contribution in [2.24, 2.45) is 0 Å². The van der Waals surface area contributed by atoms with E-state index in [1.807, 2.05) is 24.3 Å². The van der Waals surface area contributed by atoms with E-state index in [9.17, 15) is 14.7 Å². The number of benzene rings is 1. The molecule has 0 aliphatic carbocycles. The van der Waals surface area contributed by atoms with Crippen molar-refractivity contribution in [2.75, 3.05) is 0 Å². The van der Waals surface area contributed by atoms with Crippen LogP contribution in [-0.2, 0) is 9.53 Å². The molecule has 1 aliphatic rings. The molecule has 0 saturated carbocycles. The molecular weight excluding hydrogens is 350 g/mol. The lowest BCUT2D eigenvalue weighted by Gasteiger charge is -2.31. The van der Waals surface area contributed by atoms with Gasteiger partial charge in [0.15, 0.2) is 0 Å². The molecule has 120 valence electrons. The van der Waals surface area contributed by atoms with E-state index >= 15 is 0 Å². The maximum absolute atomic E-state index is 12.5. The molecule has 0 radical (unpaired) electrons. The highest BCUT2D eigenvalue weighted by Gasteiger charge is 2.43. The molecule has 5 nitrogen and oxygen atoms in total. The minimum atomic E-state index is -0.997. The van der Waals surface area contributed by atoms with Gasteiger partial charge in [-0.1, -0.05) is 28.1 Å². The molecule has 1 fully saturated rings. The van der Waals surface area contributed by atoms with E-state index in [0.717, 1.165) is 10.0 Å². The molecular formula is C16H20BrNO4. The average molecular weight is 370 g/mol. The highest BCUT2D eigenvalue weighted by molar-refractivity contribution is 9.10. The van der Waals surface area contributed by atoms with Crippen LogP contribution in [0.1, 0.15) is 45.2 Å². The largest absolute Gasteiger partial charge is 0.480 e. The third-order valence-electron chi connectivity index (χ3n) is 3.51. The summed E-state index contributed by atoms with van der Waals surface area (Å²) in [6.07, 6.45) is 0.445. The maximum atomic E-state index is 12.5. The monoisotopic (exact) mass is 369 g/mol. The van der Waals surface area contributed by atoms with Crippen molar-refractivity contribution in [1.29, 1.82) is 0 Å². The predicted octanol–water partition coefficient (Wildman–Crippen LogP) is 3.97. The van der Waals surface area contributed by atoms with Crippen molar-refractivity contribution in [2.45, 2.75) is 51.3 Å². The van der Waals surface area contributed by atoms with Gasteiger partial charge >= 0.3 is 12.1 Å². The van der Waals surface area contributed by atoms with Gasteiger partial charge in [-0.05, 0) is 51.3 Å². The molecule has 1 N–H and O–H groups in total. The molecule has 2 atom stereocenters. The van der Waals surface area contributed by atoms with E-state index in [0.29, 0.717) is 12.8 Å². The Morgan fingerprint density at radius 1 is 1.32 bits per heavy atom. The van der Waals surface area contributed by atoms with Crippen LogP contribution in [0.3, 0.4) is 0 Å². The fourth-order valence-corrected chi connectivity index (χ4v) is 3.08. The van der Waals surface area contributed by atoms with Gasteiger partial charge in [-0.2, -0.15) is 0 Å². The number of hydrogen-bond acceptors (Lipinski definition) is 3. The van der Waals surface area contributed by atoms with Gasteiger partial charge in [-0.25, -0.2) is 9.59 Å². The lowest BCUT2D eigenvalue weighted by atomic mass is 10.1. The second-order valence-corrected chi connectivity index (χ2v) is 7.31. The average Bonchev–Trinajstić information content (AvgIpc) is 2.81. The molecule has 1 amide bonds. The van der Waals surface area contributed by atoms with Gasteiger partial charge in [0.2, 0.25) is 0 Å². The van der Waals surface area contributed by atoms with Gasteiger partial charge in [0.1, 0.15) is 11.6 Å². The van der Waals surface area contributed by atoms with Crippen LogP contribution < -0.4 is 0 Å². The highest BCUT2D eigenvalue weighted by Crippen LogP contribution is 2.38. The number of aliphatic carboxylic acids is 1. The van der Waals surface area contributed by atoms with E-state index in [1.165, 1.54) is 4.90 Å². The summed E-state index contributed by atoms with van der Waals surface area (Å²) in [4.78, 5) is 25.3. The standard InChI is InChI=1S/C16H20BrNO4/c1-16(2,3)22-15(21)18-12(7-8-13(18)14(19)20)10-5-4-6-11(17)9-10/h4-6,9,12-13H,7-8H2,1-3H3,(H,19,20)/t12-,13+/m1/s1. The molecule has 1 heterocycles. The number of carboxylic acid groups (broad SMARTS) is 1. The molecule has 0 spiro atoms. The zero-order chi connectivity index (χ0) is 16.5. The Hall–Kier alpha value is -1.56. The third kappa shape index (κ3) is 3.80. The van der Waals surface area contributed by atoms with Crippen molar-refractivity contribution in [3.05, 3.63) is 34.3 Å². The Labute approximate surface area is 138 Å². The van der Waals surface area contributed by atoms with E-state index in [1.54, 1.807) is 20.8 Å². The first-order chi connectivity index (χ1) is 10.2. The number of carbonyl (C=O) groups is 2. The van der Waals surface area contributed by atoms with E-state index < -0.39 is 23.7 Å². The second kappa shape index (κ2) is 6.28. The molecule has 0 aromatic heterocycles. The van der Waals surface area contributed by atoms with E-state index in [-0.39, 0.29) is 6.04 Å². The van der Waals surface area contributed by atoms with Crippen molar-refractivity contribution in [3.63, 3.8) is 0 Å². The molecule has 1 aromatic rings. The molecule has 0 unspecified atom stereocenters. The number of nitrogens with zero attached hydrogens (tertiary/aromatic N) is 1. The number of carboxylic acids is 1. The Kier molecular flexibility index (Phi) is 4.80.